The van der Waals surface area contributed by atoms with Gasteiger partial charge in [0.15, 0.2) is 0 Å². The summed E-state index contributed by atoms with van der Waals surface area (Å²) in [6, 6.07) is 10.7. The van der Waals surface area contributed by atoms with Crippen LogP contribution >= 0.6 is 35.0 Å². The Bertz CT molecular complexity index is 1400. The highest BCUT2D eigenvalue weighted by Crippen LogP contribution is 2.39. The number of nitrogens with zero attached hydrogens (tertiary/aromatic N) is 4. The van der Waals surface area contributed by atoms with Gasteiger partial charge in [-0.3, -0.25) is 9.69 Å². The molecule has 34 heavy (non-hydrogen) atoms. The number of fused-ring (bicyclic) bond motifs is 2. The van der Waals surface area contributed by atoms with Crippen LogP contribution in [0, 0.1) is 0 Å². The Kier molecular flexibility index (Phi) is 6.17. The third kappa shape index (κ3) is 4.47. The van der Waals surface area contributed by atoms with Gasteiger partial charge in [-0.1, -0.05) is 47.1 Å². The maximum Gasteiger partial charge on any atom is 0.277 e. The van der Waals surface area contributed by atoms with Crippen molar-refractivity contribution < 1.29 is 13.2 Å². The predicted molar refractivity (Wildman–Crippen MR) is 133 cm³/mol. The number of benzene rings is 2. The molecule has 2 aromatic carbocycles. The quantitative estimate of drug-likeness (QED) is 0.486. The average Bonchev–Trinajstić information content (AvgIpc) is 2.79. The first-order valence-corrected chi connectivity index (χ1v) is 13.4. The maximum atomic E-state index is 13.1. The molecule has 3 N–H and O–H groups in total. The standard InChI is InChI=1S/C21H18Cl2N6O3S2/c22-16-2-1-3-17(23)18(16)29-11-33-19-15(20(29)30)9-25-21(27-19)26-14-5-4-13-10-28(34(24,31)32)7-6-12(13)8-14/h1-5,8-9H,6-7,10-11H2,(H2,24,31,32)(H,25,26,27). The van der Waals surface area contributed by atoms with Crippen LogP contribution in [0.5, 0.6) is 0 Å². The first kappa shape index (κ1) is 23.3. The molecule has 0 aliphatic carbocycles. The smallest absolute Gasteiger partial charge is 0.277 e. The summed E-state index contributed by atoms with van der Waals surface area (Å²) in [6.45, 7) is 0.573. The molecule has 0 bridgehead atoms. The Labute approximate surface area is 210 Å². The first-order valence-electron chi connectivity index (χ1n) is 10.1. The molecule has 3 heterocycles. The van der Waals surface area contributed by atoms with Crippen molar-refractivity contribution in [2.75, 3.05) is 22.6 Å². The summed E-state index contributed by atoms with van der Waals surface area (Å²) in [4.78, 5) is 23.4. The van der Waals surface area contributed by atoms with Crippen LogP contribution in [0.25, 0.3) is 0 Å². The van der Waals surface area contributed by atoms with Gasteiger partial charge in [0.2, 0.25) is 5.95 Å². The van der Waals surface area contributed by atoms with Gasteiger partial charge >= 0.3 is 0 Å². The topological polar surface area (TPSA) is 122 Å². The lowest BCUT2D eigenvalue weighted by atomic mass is 10.0. The molecule has 0 unspecified atom stereocenters. The zero-order valence-corrected chi connectivity index (χ0v) is 20.7. The predicted octanol–water partition coefficient (Wildman–Crippen LogP) is 3.80. The number of halogens is 2. The number of carbonyl (C=O) groups excluding carboxylic acids is 1. The number of para-hydroxylation sites is 1. The van der Waals surface area contributed by atoms with Gasteiger partial charge in [-0.25, -0.2) is 15.1 Å². The molecule has 176 valence electrons. The molecular weight excluding hydrogens is 519 g/mol. The highest BCUT2D eigenvalue weighted by Gasteiger charge is 2.30. The van der Waals surface area contributed by atoms with Crippen LogP contribution in [0.4, 0.5) is 17.3 Å². The van der Waals surface area contributed by atoms with Crippen LogP contribution in [0.2, 0.25) is 10.0 Å². The SMILES string of the molecule is NS(=O)(=O)N1CCc2cc(Nc3ncc4c(n3)SCN(c3c(Cl)cccc3Cl)C4=O)ccc2C1. The van der Waals surface area contributed by atoms with E-state index in [0.717, 1.165) is 16.8 Å². The molecule has 0 atom stereocenters. The fourth-order valence-electron chi connectivity index (χ4n) is 3.88. The zero-order valence-electron chi connectivity index (χ0n) is 17.5. The number of aromatic nitrogens is 2. The molecule has 2 aliphatic heterocycles. The van der Waals surface area contributed by atoms with Gasteiger partial charge in [0.1, 0.15) is 5.03 Å². The van der Waals surface area contributed by atoms with Gasteiger partial charge in [0, 0.05) is 25.0 Å². The Hall–Kier alpha value is -2.41. The molecular formula is C21H18Cl2N6O3S2. The molecule has 0 fully saturated rings. The minimum Gasteiger partial charge on any atom is -0.324 e. The number of nitrogens with one attached hydrogen (secondary N) is 1. The number of nitrogens with two attached hydrogens (primary N) is 1. The van der Waals surface area contributed by atoms with Crippen LogP contribution in [0.1, 0.15) is 21.5 Å². The second-order valence-corrected chi connectivity index (χ2v) is 11.0. The van der Waals surface area contributed by atoms with E-state index in [1.165, 1.54) is 27.2 Å². The Morgan fingerprint density at radius 3 is 2.62 bits per heavy atom. The lowest BCUT2D eigenvalue weighted by Crippen LogP contribution is -2.40. The van der Waals surface area contributed by atoms with Crippen LogP contribution in [-0.2, 0) is 23.2 Å². The van der Waals surface area contributed by atoms with E-state index in [1.807, 2.05) is 18.2 Å². The van der Waals surface area contributed by atoms with E-state index in [4.69, 9.17) is 28.3 Å². The average molecular weight is 537 g/mol. The number of anilines is 3. The van der Waals surface area contributed by atoms with Crippen molar-refractivity contribution in [1.29, 1.82) is 0 Å². The molecule has 0 spiro atoms. The van der Waals surface area contributed by atoms with Crippen LogP contribution in [-0.4, -0.2) is 41.0 Å². The molecule has 1 aromatic heterocycles. The summed E-state index contributed by atoms with van der Waals surface area (Å²) < 4.78 is 24.5. The van der Waals surface area contributed by atoms with Gasteiger partial charge in [0.05, 0.1) is 27.2 Å². The Balaban J connectivity index is 1.35. The second-order valence-electron chi connectivity index (χ2n) is 7.73. The summed E-state index contributed by atoms with van der Waals surface area (Å²) >= 11 is 14.0. The van der Waals surface area contributed by atoms with E-state index in [2.05, 4.69) is 15.3 Å². The summed E-state index contributed by atoms with van der Waals surface area (Å²) in [6.07, 6.45) is 2.04. The minimum absolute atomic E-state index is 0.245. The highest BCUT2D eigenvalue weighted by atomic mass is 35.5. The number of thioether (sulfide) groups is 1. The minimum atomic E-state index is -3.72. The Morgan fingerprint density at radius 1 is 1.12 bits per heavy atom. The Morgan fingerprint density at radius 2 is 1.88 bits per heavy atom. The van der Waals surface area contributed by atoms with Crippen molar-refractivity contribution in [3.8, 4) is 0 Å². The van der Waals surface area contributed by atoms with E-state index >= 15 is 0 Å². The summed E-state index contributed by atoms with van der Waals surface area (Å²) in [5.41, 5.74) is 3.52. The monoisotopic (exact) mass is 536 g/mol. The summed E-state index contributed by atoms with van der Waals surface area (Å²) in [5, 5.41) is 9.75. The van der Waals surface area contributed by atoms with Gasteiger partial charge in [-0.15, -0.1) is 0 Å². The summed E-state index contributed by atoms with van der Waals surface area (Å²) in [5.74, 6) is 0.388. The molecule has 2 aliphatic rings. The molecule has 3 aromatic rings. The highest BCUT2D eigenvalue weighted by molar-refractivity contribution is 7.99. The largest absolute Gasteiger partial charge is 0.324 e. The van der Waals surface area contributed by atoms with E-state index in [0.29, 0.717) is 51.1 Å². The number of hydrogen-bond donors (Lipinski definition) is 2. The lowest BCUT2D eigenvalue weighted by molar-refractivity contribution is 0.0985. The van der Waals surface area contributed by atoms with E-state index in [1.54, 1.807) is 18.2 Å². The number of rotatable bonds is 4. The fourth-order valence-corrected chi connectivity index (χ4v) is 6.09. The van der Waals surface area contributed by atoms with Crippen molar-refractivity contribution in [1.82, 2.24) is 14.3 Å². The van der Waals surface area contributed by atoms with Crippen molar-refractivity contribution in [2.45, 2.75) is 18.0 Å². The zero-order chi connectivity index (χ0) is 24.0. The molecule has 0 saturated heterocycles. The van der Waals surface area contributed by atoms with E-state index in [-0.39, 0.29) is 12.5 Å². The number of amides is 1. The van der Waals surface area contributed by atoms with Gasteiger partial charge in [-0.05, 0) is 41.8 Å². The van der Waals surface area contributed by atoms with Crippen molar-refractivity contribution in [3.05, 3.63) is 69.3 Å². The molecule has 9 nitrogen and oxygen atoms in total. The number of carbonyl (C=O) groups is 1. The third-order valence-electron chi connectivity index (χ3n) is 5.57. The van der Waals surface area contributed by atoms with E-state index in [9.17, 15) is 13.2 Å². The van der Waals surface area contributed by atoms with Crippen molar-refractivity contribution in [3.63, 3.8) is 0 Å². The molecule has 0 saturated carbocycles. The first-order chi connectivity index (χ1) is 16.2. The second kappa shape index (κ2) is 8.99. The fraction of sp³-hybridized carbons (Fsp3) is 0.190. The van der Waals surface area contributed by atoms with Crippen molar-refractivity contribution in [2.24, 2.45) is 5.14 Å². The van der Waals surface area contributed by atoms with Gasteiger partial charge in [0.25, 0.3) is 16.1 Å². The maximum absolute atomic E-state index is 13.1. The van der Waals surface area contributed by atoms with Crippen LogP contribution < -0.4 is 15.4 Å². The van der Waals surface area contributed by atoms with Crippen LogP contribution in [0.3, 0.4) is 0 Å². The summed E-state index contributed by atoms with van der Waals surface area (Å²) in [7, 11) is -3.72. The normalized spacial score (nSPS) is 16.2. The lowest BCUT2D eigenvalue weighted by Gasteiger charge is -2.28. The molecule has 1 amide bonds. The number of hydrogen-bond acceptors (Lipinski definition) is 7. The van der Waals surface area contributed by atoms with Gasteiger partial charge < -0.3 is 5.32 Å². The van der Waals surface area contributed by atoms with Crippen LogP contribution in [0.15, 0.2) is 47.6 Å². The van der Waals surface area contributed by atoms with Crippen molar-refractivity contribution >= 4 is 68.4 Å². The molecule has 13 heteroatoms. The van der Waals surface area contributed by atoms with E-state index < -0.39 is 10.2 Å². The molecule has 0 radical (unpaired) electrons. The van der Waals surface area contributed by atoms with Gasteiger partial charge in [-0.2, -0.15) is 12.7 Å². The third-order valence-corrected chi connectivity index (χ3v) is 8.18. The molecule has 5 rings (SSSR count).